The minimum Gasteiger partial charge on any atom is -0.392 e. The Hall–Kier alpha value is -0.980. The molecule has 100 valence electrons. The van der Waals surface area contributed by atoms with Gasteiger partial charge in [-0.2, -0.15) is 4.98 Å². The van der Waals surface area contributed by atoms with Gasteiger partial charge in [0.1, 0.15) is 0 Å². The van der Waals surface area contributed by atoms with E-state index >= 15 is 0 Å². The maximum absolute atomic E-state index is 9.46. The van der Waals surface area contributed by atoms with Crippen LogP contribution < -0.4 is 5.32 Å². The molecule has 0 radical (unpaired) electrons. The monoisotopic (exact) mass is 253 g/mol. The van der Waals surface area contributed by atoms with Gasteiger partial charge in [0.25, 0.3) is 0 Å². The number of nitrogens with one attached hydrogen (secondary N) is 1. The Kier molecular flexibility index (Phi) is 3.58. The van der Waals surface area contributed by atoms with Gasteiger partial charge in [0, 0.05) is 19.6 Å². The highest BCUT2D eigenvalue weighted by atomic mass is 16.5. The van der Waals surface area contributed by atoms with Crippen molar-refractivity contribution in [1.82, 2.24) is 15.5 Å². The van der Waals surface area contributed by atoms with Crippen molar-refractivity contribution in [1.29, 1.82) is 0 Å². The lowest BCUT2D eigenvalue weighted by Gasteiger charge is -2.20. The van der Waals surface area contributed by atoms with Crippen LogP contribution in [-0.2, 0) is 11.2 Å². The van der Waals surface area contributed by atoms with Crippen LogP contribution >= 0.6 is 0 Å². The van der Waals surface area contributed by atoms with E-state index in [2.05, 4.69) is 15.5 Å². The summed E-state index contributed by atoms with van der Waals surface area (Å²) in [5.74, 6) is 1.29. The van der Waals surface area contributed by atoms with Gasteiger partial charge in [-0.25, -0.2) is 0 Å². The molecule has 2 fully saturated rings. The zero-order valence-corrected chi connectivity index (χ0v) is 10.3. The van der Waals surface area contributed by atoms with Crippen LogP contribution in [-0.4, -0.2) is 40.6 Å². The molecule has 1 unspecified atom stereocenters. The van der Waals surface area contributed by atoms with Gasteiger partial charge in [0.05, 0.1) is 18.2 Å². The summed E-state index contributed by atoms with van der Waals surface area (Å²) >= 11 is 0. The standard InChI is InChI=1S/C12H19N3O3/c16-8-5-10(13-7-8)12-14-11(15-18-12)6-9-3-1-2-4-17-9/h8-10,13,16H,1-7H2/t8-,9?,10-/m1/s1. The van der Waals surface area contributed by atoms with E-state index in [-0.39, 0.29) is 18.2 Å². The second-order valence-corrected chi connectivity index (χ2v) is 5.09. The molecule has 0 spiro atoms. The molecule has 1 aromatic heterocycles. The van der Waals surface area contributed by atoms with Crippen LogP contribution in [0.1, 0.15) is 43.4 Å². The van der Waals surface area contributed by atoms with Crippen LogP contribution in [0.25, 0.3) is 0 Å². The number of hydrogen-bond acceptors (Lipinski definition) is 6. The van der Waals surface area contributed by atoms with Gasteiger partial charge in [0.15, 0.2) is 5.82 Å². The summed E-state index contributed by atoms with van der Waals surface area (Å²) in [5, 5.41) is 16.6. The maximum atomic E-state index is 9.46. The molecule has 6 heteroatoms. The van der Waals surface area contributed by atoms with E-state index in [0.717, 1.165) is 25.9 Å². The Labute approximate surface area is 106 Å². The molecule has 3 heterocycles. The highest BCUT2D eigenvalue weighted by Gasteiger charge is 2.28. The van der Waals surface area contributed by atoms with E-state index in [9.17, 15) is 5.11 Å². The Morgan fingerprint density at radius 2 is 2.33 bits per heavy atom. The number of nitrogens with zero attached hydrogens (tertiary/aromatic N) is 2. The van der Waals surface area contributed by atoms with E-state index in [4.69, 9.17) is 9.26 Å². The molecule has 0 saturated carbocycles. The van der Waals surface area contributed by atoms with Crippen molar-refractivity contribution in [2.24, 2.45) is 0 Å². The van der Waals surface area contributed by atoms with Crippen molar-refractivity contribution in [3.63, 3.8) is 0 Å². The first kappa shape index (κ1) is 12.1. The van der Waals surface area contributed by atoms with Gasteiger partial charge >= 0.3 is 0 Å². The van der Waals surface area contributed by atoms with Crippen LogP contribution in [0.3, 0.4) is 0 Å². The zero-order chi connectivity index (χ0) is 12.4. The molecule has 0 aromatic carbocycles. The second kappa shape index (κ2) is 5.34. The summed E-state index contributed by atoms with van der Waals surface area (Å²) in [6.45, 7) is 1.43. The summed E-state index contributed by atoms with van der Waals surface area (Å²) in [6, 6.07) is -0.00600. The Morgan fingerprint density at radius 3 is 3.06 bits per heavy atom. The molecule has 3 atom stereocenters. The topological polar surface area (TPSA) is 80.4 Å². The van der Waals surface area contributed by atoms with Crippen molar-refractivity contribution in [3.05, 3.63) is 11.7 Å². The molecule has 0 aliphatic carbocycles. The van der Waals surface area contributed by atoms with Gasteiger partial charge < -0.3 is 19.7 Å². The molecular weight excluding hydrogens is 234 g/mol. The average molecular weight is 253 g/mol. The first-order chi connectivity index (χ1) is 8.81. The van der Waals surface area contributed by atoms with Crippen molar-refractivity contribution < 1.29 is 14.4 Å². The molecule has 2 N–H and O–H groups in total. The van der Waals surface area contributed by atoms with Crippen LogP contribution in [0.2, 0.25) is 0 Å². The zero-order valence-electron chi connectivity index (χ0n) is 10.3. The number of aromatic nitrogens is 2. The highest BCUT2D eigenvalue weighted by Crippen LogP contribution is 2.22. The number of ether oxygens (including phenoxy) is 1. The highest BCUT2D eigenvalue weighted by molar-refractivity contribution is 4.98. The lowest BCUT2D eigenvalue weighted by atomic mass is 10.1. The SMILES string of the molecule is O[C@H]1CN[C@@H](c2nc(CC3CCCCO3)no2)C1. The fourth-order valence-electron chi connectivity index (χ4n) is 2.57. The van der Waals surface area contributed by atoms with E-state index in [0.29, 0.717) is 24.7 Å². The minimum atomic E-state index is -0.313. The fourth-order valence-corrected chi connectivity index (χ4v) is 2.57. The average Bonchev–Trinajstić information content (AvgIpc) is 2.99. The quantitative estimate of drug-likeness (QED) is 0.820. The smallest absolute Gasteiger partial charge is 0.243 e. The van der Waals surface area contributed by atoms with Crippen molar-refractivity contribution in [2.45, 2.75) is 50.4 Å². The largest absolute Gasteiger partial charge is 0.392 e. The maximum Gasteiger partial charge on any atom is 0.243 e. The first-order valence-electron chi connectivity index (χ1n) is 6.67. The van der Waals surface area contributed by atoms with E-state index < -0.39 is 0 Å². The van der Waals surface area contributed by atoms with E-state index in [1.807, 2.05) is 0 Å². The lowest BCUT2D eigenvalue weighted by molar-refractivity contribution is 0.0153. The molecule has 2 saturated heterocycles. The summed E-state index contributed by atoms with van der Waals surface area (Å²) in [7, 11) is 0. The number of aliphatic hydroxyl groups is 1. The Bertz CT molecular complexity index is 390. The lowest BCUT2D eigenvalue weighted by Crippen LogP contribution is -2.22. The molecule has 2 aliphatic rings. The Morgan fingerprint density at radius 1 is 1.39 bits per heavy atom. The van der Waals surface area contributed by atoms with Crippen LogP contribution in [0, 0.1) is 0 Å². The number of hydrogen-bond donors (Lipinski definition) is 2. The molecule has 18 heavy (non-hydrogen) atoms. The predicted molar refractivity (Wildman–Crippen MR) is 63.0 cm³/mol. The molecule has 3 rings (SSSR count). The van der Waals surface area contributed by atoms with Gasteiger partial charge in [0.2, 0.25) is 5.89 Å². The van der Waals surface area contributed by atoms with Gasteiger partial charge in [-0.15, -0.1) is 0 Å². The predicted octanol–water partition coefficient (Wildman–Crippen LogP) is 0.576. The molecular formula is C12H19N3O3. The van der Waals surface area contributed by atoms with E-state index in [1.54, 1.807) is 0 Å². The van der Waals surface area contributed by atoms with Crippen molar-refractivity contribution in [2.75, 3.05) is 13.2 Å². The molecule has 0 amide bonds. The molecule has 0 bridgehead atoms. The number of rotatable bonds is 3. The van der Waals surface area contributed by atoms with Gasteiger partial charge in [-0.05, 0) is 25.7 Å². The third-order valence-electron chi connectivity index (χ3n) is 3.57. The fraction of sp³-hybridized carbons (Fsp3) is 0.833. The van der Waals surface area contributed by atoms with Gasteiger partial charge in [-0.1, -0.05) is 5.16 Å². The number of aliphatic hydroxyl groups excluding tert-OH is 1. The third-order valence-corrected chi connectivity index (χ3v) is 3.57. The normalized spacial score (nSPS) is 32.8. The van der Waals surface area contributed by atoms with E-state index in [1.165, 1.54) is 6.42 Å². The third kappa shape index (κ3) is 2.71. The summed E-state index contributed by atoms with van der Waals surface area (Å²) < 4.78 is 10.9. The molecule has 6 nitrogen and oxygen atoms in total. The van der Waals surface area contributed by atoms with Crippen molar-refractivity contribution >= 4 is 0 Å². The molecule has 1 aromatic rings. The summed E-state index contributed by atoms with van der Waals surface area (Å²) in [6.07, 6.45) is 4.71. The second-order valence-electron chi connectivity index (χ2n) is 5.09. The summed E-state index contributed by atoms with van der Waals surface area (Å²) in [4.78, 5) is 4.39. The summed E-state index contributed by atoms with van der Waals surface area (Å²) in [5.41, 5.74) is 0. The Balaban J connectivity index is 1.59. The first-order valence-corrected chi connectivity index (χ1v) is 6.67. The van der Waals surface area contributed by atoms with Crippen LogP contribution in [0.5, 0.6) is 0 Å². The molecule has 2 aliphatic heterocycles. The van der Waals surface area contributed by atoms with Crippen molar-refractivity contribution in [3.8, 4) is 0 Å². The number of β-amino-alcohol motifs (C(OH)–C–C–N with tert-alkyl or cyclic N) is 1. The van der Waals surface area contributed by atoms with Crippen LogP contribution in [0.15, 0.2) is 4.52 Å². The van der Waals surface area contributed by atoms with Crippen LogP contribution in [0.4, 0.5) is 0 Å². The minimum absolute atomic E-state index is 0.00600. The van der Waals surface area contributed by atoms with Gasteiger partial charge in [-0.3, -0.25) is 0 Å².